The largest absolute Gasteiger partial charge is 0.448 e. The van der Waals surface area contributed by atoms with Gasteiger partial charge in [0, 0.05) is 18.5 Å². The molecule has 2 aliphatic heterocycles. The van der Waals surface area contributed by atoms with Gasteiger partial charge in [0.1, 0.15) is 0 Å². The molecule has 0 spiro atoms. The van der Waals surface area contributed by atoms with Gasteiger partial charge in [0.25, 0.3) is 5.91 Å². The molecule has 1 amide bonds. The second-order valence-electron chi connectivity index (χ2n) is 7.65. The van der Waals surface area contributed by atoms with E-state index in [0.717, 1.165) is 32.4 Å². The molecule has 2 heterocycles. The first kappa shape index (κ1) is 13.9. The summed E-state index contributed by atoms with van der Waals surface area (Å²) in [6.45, 7) is 9.82. The number of esters is 1. The van der Waals surface area contributed by atoms with Crippen LogP contribution in [0.1, 0.15) is 53.4 Å². The van der Waals surface area contributed by atoms with Gasteiger partial charge in [-0.1, -0.05) is 20.8 Å². The van der Waals surface area contributed by atoms with Crippen LogP contribution in [0.3, 0.4) is 0 Å². The van der Waals surface area contributed by atoms with E-state index >= 15 is 0 Å². The Balaban J connectivity index is 1.90. The van der Waals surface area contributed by atoms with Crippen molar-refractivity contribution in [1.29, 1.82) is 0 Å². The van der Waals surface area contributed by atoms with Gasteiger partial charge < -0.3 is 9.64 Å². The van der Waals surface area contributed by atoms with E-state index in [9.17, 15) is 9.59 Å². The Morgan fingerprint density at radius 3 is 2.25 bits per heavy atom. The normalized spacial score (nSPS) is 40.0. The summed E-state index contributed by atoms with van der Waals surface area (Å²) in [5, 5.41) is 0. The lowest BCUT2D eigenvalue weighted by atomic mass is 9.66. The van der Waals surface area contributed by atoms with Crippen LogP contribution in [0.25, 0.3) is 0 Å². The SMILES string of the molecule is CC1CCN(C(=O)[C@]23CC[C@@](C)(C(=O)O2)C3(C)C)CC1. The number of nitrogens with zero attached hydrogens (tertiary/aromatic N) is 1. The Bertz CT molecular complexity index is 464. The molecule has 0 aromatic heterocycles. The van der Waals surface area contributed by atoms with Crippen LogP contribution in [0.2, 0.25) is 0 Å². The van der Waals surface area contributed by atoms with Gasteiger partial charge in [0.05, 0.1) is 5.41 Å². The predicted molar refractivity (Wildman–Crippen MR) is 74.9 cm³/mol. The summed E-state index contributed by atoms with van der Waals surface area (Å²) in [7, 11) is 0. The van der Waals surface area contributed by atoms with Crippen molar-refractivity contribution in [2.45, 2.75) is 59.0 Å². The fourth-order valence-electron chi connectivity index (χ4n) is 4.19. The van der Waals surface area contributed by atoms with E-state index in [4.69, 9.17) is 4.74 Å². The van der Waals surface area contributed by atoms with Crippen molar-refractivity contribution >= 4 is 11.9 Å². The standard InChI is InChI=1S/C16H25NO3/c1-11-5-9-17(10-6-11)12(18)16-8-7-15(4,13(19)20-16)14(16,2)3/h11H,5-10H2,1-4H3/t15-,16-/m0/s1. The summed E-state index contributed by atoms with van der Waals surface area (Å²) in [5.74, 6) is 0.543. The third-order valence-corrected chi connectivity index (χ3v) is 6.50. The average molecular weight is 279 g/mol. The summed E-state index contributed by atoms with van der Waals surface area (Å²) in [6.07, 6.45) is 3.53. The first-order valence-electron chi connectivity index (χ1n) is 7.77. The predicted octanol–water partition coefficient (Wildman–Crippen LogP) is 2.37. The lowest BCUT2D eigenvalue weighted by molar-refractivity contribution is -0.174. The lowest BCUT2D eigenvalue weighted by Gasteiger charge is -2.41. The summed E-state index contributed by atoms with van der Waals surface area (Å²) in [5.41, 5.74) is -1.84. The van der Waals surface area contributed by atoms with Crippen LogP contribution in [0, 0.1) is 16.7 Å². The van der Waals surface area contributed by atoms with Crippen molar-refractivity contribution in [3.63, 3.8) is 0 Å². The first-order valence-corrected chi connectivity index (χ1v) is 7.77. The molecule has 0 radical (unpaired) electrons. The van der Waals surface area contributed by atoms with E-state index in [1.165, 1.54) is 0 Å². The number of rotatable bonds is 1. The third kappa shape index (κ3) is 1.43. The molecular weight excluding hydrogens is 254 g/mol. The molecule has 1 aliphatic carbocycles. The number of hydrogen-bond donors (Lipinski definition) is 0. The summed E-state index contributed by atoms with van der Waals surface area (Å²) >= 11 is 0. The number of amides is 1. The zero-order chi connectivity index (χ0) is 14.8. The number of likely N-dealkylation sites (tertiary alicyclic amines) is 1. The van der Waals surface area contributed by atoms with Crippen LogP contribution in [0.15, 0.2) is 0 Å². The van der Waals surface area contributed by atoms with Crippen molar-refractivity contribution in [3.05, 3.63) is 0 Å². The highest BCUT2D eigenvalue weighted by atomic mass is 16.6. The second kappa shape index (κ2) is 3.99. The molecule has 2 atom stereocenters. The lowest BCUT2D eigenvalue weighted by Crippen LogP contribution is -2.56. The molecule has 0 unspecified atom stereocenters. The minimum absolute atomic E-state index is 0.0453. The Labute approximate surface area is 120 Å². The fraction of sp³-hybridized carbons (Fsp3) is 0.875. The Morgan fingerprint density at radius 2 is 1.80 bits per heavy atom. The first-order chi connectivity index (χ1) is 9.24. The van der Waals surface area contributed by atoms with Crippen molar-refractivity contribution in [2.24, 2.45) is 16.7 Å². The van der Waals surface area contributed by atoms with Crippen LogP contribution >= 0.6 is 0 Å². The molecule has 3 rings (SSSR count). The van der Waals surface area contributed by atoms with Gasteiger partial charge >= 0.3 is 5.97 Å². The van der Waals surface area contributed by atoms with E-state index in [0.29, 0.717) is 12.3 Å². The van der Waals surface area contributed by atoms with Crippen molar-refractivity contribution < 1.29 is 14.3 Å². The average Bonchev–Trinajstić information content (AvgIpc) is 2.69. The number of fused-ring (bicyclic) bond motifs is 2. The Hall–Kier alpha value is -1.06. The molecule has 3 aliphatic rings. The van der Waals surface area contributed by atoms with Gasteiger partial charge in [-0.25, -0.2) is 0 Å². The topological polar surface area (TPSA) is 46.6 Å². The number of piperidine rings is 1. The van der Waals surface area contributed by atoms with E-state index in [1.807, 2.05) is 25.7 Å². The molecule has 0 N–H and O–H groups in total. The number of ether oxygens (including phenoxy) is 1. The third-order valence-electron chi connectivity index (χ3n) is 6.50. The molecule has 112 valence electrons. The van der Waals surface area contributed by atoms with Crippen molar-refractivity contribution in [3.8, 4) is 0 Å². The summed E-state index contributed by atoms with van der Waals surface area (Å²) < 4.78 is 5.68. The second-order valence-corrected chi connectivity index (χ2v) is 7.65. The van der Waals surface area contributed by atoms with E-state index in [1.54, 1.807) is 0 Å². The molecule has 2 bridgehead atoms. The number of hydrogen-bond acceptors (Lipinski definition) is 3. The number of carbonyl (C=O) groups excluding carboxylic acids is 2. The van der Waals surface area contributed by atoms with Gasteiger partial charge in [-0.15, -0.1) is 0 Å². The van der Waals surface area contributed by atoms with Crippen LogP contribution in [0.4, 0.5) is 0 Å². The molecule has 0 aromatic carbocycles. The highest BCUT2D eigenvalue weighted by Gasteiger charge is 2.76. The van der Waals surface area contributed by atoms with Crippen LogP contribution < -0.4 is 0 Å². The van der Waals surface area contributed by atoms with Crippen LogP contribution in [-0.4, -0.2) is 35.5 Å². The minimum Gasteiger partial charge on any atom is -0.448 e. The molecule has 1 saturated carbocycles. The quantitative estimate of drug-likeness (QED) is 0.692. The molecule has 20 heavy (non-hydrogen) atoms. The van der Waals surface area contributed by atoms with E-state index < -0.39 is 16.4 Å². The maximum atomic E-state index is 13.0. The molecule has 3 fully saturated rings. The van der Waals surface area contributed by atoms with Gasteiger partial charge in [-0.2, -0.15) is 0 Å². The summed E-state index contributed by atoms with van der Waals surface area (Å²) in [6, 6.07) is 0. The van der Waals surface area contributed by atoms with E-state index in [-0.39, 0.29) is 11.9 Å². The van der Waals surface area contributed by atoms with Crippen molar-refractivity contribution in [2.75, 3.05) is 13.1 Å². The smallest absolute Gasteiger partial charge is 0.313 e. The molecule has 0 aromatic rings. The van der Waals surface area contributed by atoms with Gasteiger partial charge in [0.15, 0.2) is 5.60 Å². The highest BCUT2D eigenvalue weighted by molar-refractivity contribution is 5.96. The van der Waals surface area contributed by atoms with Gasteiger partial charge in [-0.05, 0) is 38.5 Å². The zero-order valence-electron chi connectivity index (χ0n) is 13.0. The Kier molecular flexibility index (Phi) is 2.77. The van der Waals surface area contributed by atoms with Crippen molar-refractivity contribution in [1.82, 2.24) is 4.90 Å². The molecule has 4 nitrogen and oxygen atoms in total. The Morgan fingerprint density at radius 1 is 1.20 bits per heavy atom. The van der Waals surface area contributed by atoms with Gasteiger partial charge in [0.2, 0.25) is 0 Å². The maximum absolute atomic E-state index is 13.0. The maximum Gasteiger partial charge on any atom is 0.313 e. The highest BCUT2D eigenvalue weighted by Crippen LogP contribution is 2.66. The van der Waals surface area contributed by atoms with Crippen LogP contribution in [-0.2, 0) is 14.3 Å². The van der Waals surface area contributed by atoms with E-state index in [2.05, 4.69) is 6.92 Å². The van der Waals surface area contributed by atoms with Gasteiger partial charge in [-0.3, -0.25) is 9.59 Å². The molecule has 4 heteroatoms. The monoisotopic (exact) mass is 279 g/mol. The van der Waals surface area contributed by atoms with Crippen LogP contribution in [0.5, 0.6) is 0 Å². The minimum atomic E-state index is -0.917. The molecule has 2 saturated heterocycles. The number of carbonyl (C=O) groups is 2. The zero-order valence-corrected chi connectivity index (χ0v) is 13.0. The molecular formula is C16H25NO3. The fourth-order valence-corrected chi connectivity index (χ4v) is 4.19. The summed E-state index contributed by atoms with van der Waals surface area (Å²) in [4.78, 5) is 27.2.